The zero-order valence-corrected chi connectivity index (χ0v) is 15.9. The van der Waals surface area contributed by atoms with Crippen LogP contribution in [0.5, 0.6) is 5.88 Å². The Hall–Kier alpha value is -2.09. The lowest BCUT2D eigenvalue weighted by atomic mass is 10.0. The van der Waals surface area contributed by atoms with Crippen molar-refractivity contribution < 1.29 is 19.2 Å². The van der Waals surface area contributed by atoms with E-state index in [1.54, 1.807) is 27.0 Å². The molecule has 0 unspecified atom stereocenters. The van der Waals surface area contributed by atoms with Crippen LogP contribution in [0.3, 0.4) is 0 Å². The Kier molecular flexibility index (Phi) is 5.72. The number of carbonyl (C=O) groups is 2. The number of halogens is 2. The van der Waals surface area contributed by atoms with Gasteiger partial charge in [-0.15, -0.1) is 0 Å². The van der Waals surface area contributed by atoms with Gasteiger partial charge in [0.05, 0.1) is 18.3 Å². The Bertz CT molecular complexity index is 848. The largest absolute Gasteiger partial charge is 0.440 e. The number of hydroxylamine groups is 2. The fraction of sp³-hybridized carbons (Fsp3) is 0.312. The van der Waals surface area contributed by atoms with Gasteiger partial charge in [-0.1, -0.05) is 23.2 Å². The molecule has 2 aromatic rings. The quantitative estimate of drug-likeness (QED) is 0.593. The van der Waals surface area contributed by atoms with E-state index in [9.17, 15) is 9.59 Å². The first kappa shape index (κ1) is 19.2. The van der Waals surface area contributed by atoms with Gasteiger partial charge in [-0.25, -0.2) is 9.48 Å². The molecule has 0 N–H and O–H groups in total. The predicted octanol–water partition coefficient (Wildman–Crippen LogP) is 3.57. The summed E-state index contributed by atoms with van der Waals surface area (Å²) in [6, 6.07) is 1.60. The van der Waals surface area contributed by atoms with Crippen molar-refractivity contribution in [3.8, 4) is 5.88 Å². The van der Waals surface area contributed by atoms with Crippen molar-refractivity contribution >= 4 is 35.1 Å². The van der Waals surface area contributed by atoms with Crippen LogP contribution in [0.2, 0.25) is 10.0 Å². The van der Waals surface area contributed by atoms with E-state index in [1.165, 1.54) is 25.0 Å². The average molecular weight is 386 g/mol. The third-order valence-corrected chi connectivity index (χ3v) is 4.76. The Morgan fingerprint density at radius 2 is 1.84 bits per heavy atom. The van der Waals surface area contributed by atoms with Crippen molar-refractivity contribution in [3.63, 3.8) is 0 Å². The van der Waals surface area contributed by atoms with Crippen molar-refractivity contribution in [1.29, 1.82) is 0 Å². The number of hydrogen-bond donors (Lipinski definition) is 0. The highest BCUT2D eigenvalue weighted by Crippen LogP contribution is 2.33. The Morgan fingerprint density at radius 3 is 2.44 bits per heavy atom. The molecule has 1 heterocycles. The van der Waals surface area contributed by atoms with Gasteiger partial charge in [0, 0.05) is 24.7 Å². The first-order chi connectivity index (χ1) is 11.7. The van der Waals surface area contributed by atoms with Gasteiger partial charge in [-0.3, -0.25) is 9.63 Å². The number of aromatic nitrogens is 2. The summed E-state index contributed by atoms with van der Waals surface area (Å²) in [5, 5.41) is 5.61. The Balaban J connectivity index is 2.47. The van der Waals surface area contributed by atoms with Gasteiger partial charge in [-0.2, -0.15) is 10.2 Å². The van der Waals surface area contributed by atoms with Crippen molar-refractivity contribution in [2.24, 2.45) is 7.05 Å². The van der Waals surface area contributed by atoms with E-state index >= 15 is 0 Å². The normalized spacial score (nSPS) is 10.7. The SMILES string of the molecule is CON(C)C(=O)Oc1c(C(=O)c2cc(C)c(Cl)c(C)c2Cl)cnn1C. The summed E-state index contributed by atoms with van der Waals surface area (Å²) in [5.74, 6) is -0.441. The molecule has 0 fully saturated rings. The summed E-state index contributed by atoms with van der Waals surface area (Å²) in [6.07, 6.45) is 0.516. The minimum Gasteiger partial charge on any atom is -0.389 e. The van der Waals surface area contributed by atoms with Crippen LogP contribution < -0.4 is 4.74 Å². The van der Waals surface area contributed by atoms with E-state index in [1.807, 2.05) is 0 Å². The monoisotopic (exact) mass is 385 g/mol. The minimum absolute atomic E-state index is 0.0137. The van der Waals surface area contributed by atoms with E-state index < -0.39 is 11.9 Å². The maximum atomic E-state index is 12.9. The van der Waals surface area contributed by atoms with E-state index in [2.05, 4.69) is 5.10 Å². The van der Waals surface area contributed by atoms with Gasteiger partial charge in [0.2, 0.25) is 11.7 Å². The summed E-state index contributed by atoms with van der Waals surface area (Å²) in [6.45, 7) is 3.51. The van der Waals surface area contributed by atoms with Crippen molar-refractivity contribution in [2.45, 2.75) is 13.8 Å². The van der Waals surface area contributed by atoms with Gasteiger partial charge in [0.15, 0.2) is 0 Å². The lowest BCUT2D eigenvalue weighted by Crippen LogP contribution is -2.29. The maximum absolute atomic E-state index is 12.9. The number of rotatable bonds is 4. The van der Waals surface area contributed by atoms with Gasteiger partial charge in [0.1, 0.15) is 5.56 Å². The summed E-state index contributed by atoms with van der Waals surface area (Å²) in [7, 11) is 4.24. The third kappa shape index (κ3) is 3.63. The average Bonchev–Trinajstić information content (AvgIpc) is 2.95. The third-order valence-electron chi connectivity index (χ3n) is 3.69. The summed E-state index contributed by atoms with van der Waals surface area (Å²) in [4.78, 5) is 29.6. The summed E-state index contributed by atoms with van der Waals surface area (Å²) in [5.41, 5.74) is 1.68. The molecule has 2 rings (SSSR count). The van der Waals surface area contributed by atoms with Crippen LogP contribution in [0, 0.1) is 13.8 Å². The molecule has 0 atom stereocenters. The molecular formula is C16H17Cl2N3O4. The highest BCUT2D eigenvalue weighted by atomic mass is 35.5. The number of hydrogen-bond acceptors (Lipinski definition) is 5. The molecule has 0 radical (unpaired) electrons. The molecule has 0 aliphatic heterocycles. The zero-order valence-electron chi connectivity index (χ0n) is 14.4. The highest BCUT2D eigenvalue weighted by Gasteiger charge is 2.25. The molecule has 0 saturated heterocycles. The first-order valence-electron chi connectivity index (χ1n) is 7.20. The number of ether oxygens (including phenoxy) is 1. The lowest BCUT2D eigenvalue weighted by Gasteiger charge is -2.14. The van der Waals surface area contributed by atoms with Crippen molar-refractivity contribution in [2.75, 3.05) is 14.2 Å². The molecule has 9 heteroatoms. The molecule has 1 aromatic carbocycles. The van der Waals surface area contributed by atoms with Crippen molar-refractivity contribution in [3.05, 3.63) is 44.6 Å². The number of benzene rings is 1. The van der Waals surface area contributed by atoms with Crippen molar-refractivity contribution in [1.82, 2.24) is 14.8 Å². The van der Waals surface area contributed by atoms with Crippen LogP contribution >= 0.6 is 23.2 Å². The number of amides is 1. The van der Waals surface area contributed by atoms with E-state index in [-0.39, 0.29) is 22.0 Å². The fourth-order valence-corrected chi connectivity index (χ4v) is 2.60. The van der Waals surface area contributed by atoms with Gasteiger partial charge in [0.25, 0.3) is 0 Å². The molecule has 0 aliphatic rings. The van der Waals surface area contributed by atoms with Crippen LogP contribution in [0.15, 0.2) is 12.3 Å². The molecule has 134 valence electrons. The van der Waals surface area contributed by atoms with E-state index in [0.717, 1.165) is 5.06 Å². The molecule has 0 saturated carbocycles. The second kappa shape index (κ2) is 7.43. The second-order valence-corrected chi connectivity index (χ2v) is 6.11. The van der Waals surface area contributed by atoms with Gasteiger partial charge < -0.3 is 4.74 Å². The number of aryl methyl sites for hydroxylation is 2. The summed E-state index contributed by atoms with van der Waals surface area (Å²) >= 11 is 12.4. The van der Waals surface area contributed by atoms with Crippen LogP contribution in [0.1, 0.15) is 27.0 Å². The minimum atomic E-state index is -0.797. The first-order valence-corrected chi connectivity index (χ1v) is 7.96. The predicted molar refractivity (Wildman–Crippen MR) is 93.4 cm³/mol. The van der Waals surface area contributed by atoms with Crippen LogP contribution in [-0.2, 0) is 11.9 Å². The number of ketones is 1. The van der Waals surface area contributed by atoms with Gasteiger partial charge in [-0.05, 0) is 31.0 Å². The molecule has 0 spiro atoms. The second-order valence-electron chi connectivity index (χ2n) is 5.36. The molecule has 1 amide bonds. The zero-order chi connectivity index (χ0) is 18.9. The Morgan fingerprint density at radius 1 is 1.20 bits per heavy atom. The maximum Gasteiger partial charge on any atom is 0.440 e. The van der Waals surface area contributed by atoms with Crippen LogP contribution in [-0.4, -0.2) is 40.9 Å². The molecule has 0 bridgehead atoms. The number of carbonyl (C=O) groups excluding carboxylic acids is 2. The summed E-state index contributed by atoms with van der Waals surface area (Å²) < 4.78 is 6.48. The smallest absolute Gasteiger partial charge is 0.389 e. The highest BCUT2D eigenvalue weighted by molar-refractivity contribution is 6.39. The molecule has 25 heavy (non-hydrogen) atoms. The molecule has 0 aliphatic carbocycles. The Labute approximate surface area is 155 Å². The van der Waals surface area contributed by atoms with E-state index in [0.29, 0.717) is 16.1 Å². The van der Waals surface area contributed by atoms with Crippen LogP contribution in [0.25, 0.3) is 0 Å². The van der Waals surface area contributed by atoms with E-state index in [4.69, 9.17) is 32.8 Å². The lowest BCUT2D eigenvalue weighted by molar-refractivity contribution is -0.0796. The topological polar surface area (TPSA) is 73.7 Å². The molecule has 1 aromatic heterocycles. The van der Waals surface area contributed by atoms with Crippen LogP contribution in [0.4, 0.5) is 4.79 Å². The molecule has 7 nitrogen and oxygen atoms in total. The standard InChI is InChI=1S/C16H17Cl2N3O4/c1-8-6-10(13(18)9(2)12(8)17)14(22)11-7-19-20(3)15(11)25-16(23)21(4)24-5/h6-7H,1-5H3. The molecular weight excluding hydrogens is 369 g/mol. The fourth-order valence-electron chi connectivity index (χ4n) is 2.17. The van der Waals surface area contributed by atoms with Gasteiger partial charge >= 0.3 is 6.09 Å². The number of nitrogens with zero attached hydrogens (tertiary/aromatic N) is 3.